The Morgan fingerprint density at radius 1 is 1.15 bits per heavy atom. The molecule has 0 fully saturated rings. The zero-order chi connectivity index (χ0) is 13.9. The molecule has 0 saturated carbocycles. The van der Waals surface area contributed by atoms with Crippen LogP contribution in [-0.2, 0) is 6.54 Å². The van der Waals surface area contributed by atoms with E-state index in [-0.39, 0.29) is 0 Å². The van der Waals surface area contributed by atoms with E-state index in [4.69, 9.17) is 0 Å². The quantitative estimate of drug-likeness (QED) is 0.708. The maximum absolute atomic E-state index is 3.58. The second kappa shape index (κ2) is 5.81. The minimum atomic E-state index is 0.321. The molecule has 0 saturated heterocycles. The lowest BCUT2D eigenvalue weighted by Gasteiger charge is -2.14. The number of aromatic nitrogens is 1. The first kappa shape index (κ1) is 13.4. The van der Waals surface area contributed by atoms with Crippen LogP contribution < -0.4 is 5.32 Å². The van der Waals surface area contributed by atoms with Gasteiger partial charge in [-0.15, -0.1) is 0 Å². The molecule has 2 aromatic carbocycles. The summed E-state index contributed by atoms with van der Waals surface area (Å²) in [4.78, 5) is 3.31. The van der Waals surface area contributed by atoms with Crippen LogP contribution in [0.1, 0.15) is 24.1 Å². The molecule has 3 rings (SSSR count). The van der Waals surface area contributed by atoms with Crippen molar-refractivity contribution in [2.75, 3.05) is 0 Å². The van der Waals surface area contributed by atoms with Gasteiger partial charge < -0.3 is 10.3 Å². The zero-order valence-corrected chi connectivity index (χ0v) is 12.9. The van der Waals surface area contributed by atoms with Gasteiger partial charge in [-0.3, -0.25) is 0 Å². The third-order valence-corrected chi connectivity index (χ3v) is 4.12. The van der Waals surface area contributed by atoms with Crippen LogP contribution in [0.2, 0.25) is 0 Å². The number of nitrogens with one attached hydrogen (secondary N) is 2. The van der Waals surface area contributed by atoms with Gasteiger partial charge in [-0.2, -0.15) is 0 Å². The maximum atomic E-state index is 3.58. The molecule has 102 valence electrons. The summed E-state index contributed by atoms with van der Waals surface area (Å²) in [6.07, 6.45) is 2.09. The third-order valence-electron chi connectivity index (χ3n) is 3.62. The molecule has 1 atom stereocenters. The fourth-order valence-corrected chi connectivity index (χ4v) is 2.85. The van der Waals surface area contributed by atoms with Crippen molar-refractivity contribution < 1.29 is 0 Å². The Kier molecular flexibility index (Phi) is 3.90. The van der Waals surface area contributed by atoms with E-state index in [1.165, 1.54) is 22.0 Å². The third kappa shape index (κ3) is 2.79. The van der Waals surface area contributed by atoms with E-state index < -0.39 is 0 Å². The molecule has 1 aromatic heterocycles. The van der Waals surface area contributed by atoms with Crippen molar-refractivity contribution in [3.63, 3.8) is 0 Å². The lowest BCUT2D eigenvalue weighted by Crippen LogP contribution is -2.17. The first-order valence-electron chi connectivity index (χ1n) is 6.78. The number of fused-ring (bicyclic) bond motifs is 1. The van der Waals surface area contributed by atoms with Crippen LogP contribution >= 0.6 is 15.9 Å². The minimum absolute atomic E-state index is 0.321. The molecule has 0 amide bonds. The van der Waals surface area contributed by atoms with E-state index in [1.54, 1.807) is 0 Å². The number of rotatable bonds is 4. The Labute approximate surface area is 127 Å². The lowest BCUT2D eigenvalue weighted by atomic mass is 10.1. The van der Waals surface area contributed by atoms with Gasteiger partial charge in [0.1, 0.15) is 0 Å². The molecular formula is C17H17BrN2. The van der Waals surface area contributed by atoms with E-state index in [9.17, 15) is 0 Å². The van der Waals surface area contributed by atoms with Crippen molar-refractivity contribution in [1.29, 1.82) is 0 Å². The Hall–Kier alpha value is -1.58. The highest BCUT2D eigenvalue weighted by Crippen LogP contribution is 2.21. The number of halogens is 1. The Morgan fingerprint density at radius 3 is 2.85 bits per heavy atom. The summed E-state index contributed by atoms with van der Waals surface area (Å²) in [5, 5.41) is 4.87. The maximum Gasteiger partial charge on any atom is 0.0457 e. The van der Waals surface area contributed by atoms with Gasteiger partial charge in [0.2, 0.25) is 0 Å². The highest BCUT2D eigenvalue weighted by Gasteiger charge is 2.07. The second-order valence-corrected chi connectivity index (χ2v) is 5.93. The lowest BCUT2D eigenvalue weighted by molar-refractivity contribution is 0.576. The molecule has 20 heavy (non-hydrogen) atoms. The molecule has 2 N–H and O–H groups in total. The summed E-state index contributed by atoms with van der Waals surface area (Å²) in [7, 11) is 0. The summed E-state index contributed by atoms with van der Waals surface area (Å²) in [6, 6.07) is 17.2. The highest BCUT2D eigenvalue weighted by atomic mass is 79.9. The summed E-state index contributed by atoms with van der Waals surface area (Å²) in [6.45, 7) is 3.05. The number of para-hydroxylation sites is 1. The molecule has 3 aromatic rings. The van der Waals surface area contributed by atoms with Crippen LogP contribution in [-0.4, -0.2) is 4.98 Å². The second-order valence-electron chi connectivity index (χ2n) is 5.02. The average Bonchev–Trinajstić information content (AvgIpc) is 2.88. The van der Waals surface area contributed by atoms with E-state index in [2.05, 4.69) is 87.9 Å². The first-order valence-corrected chi connectivity index (χ1v) is 7.57. The molecule has 1 heterocycles. The van der Waals surface area contributed by atoms with E-state index in [0.29, 0.717) is 6.04 Å². The molecule has 0 aliphatic rings. The van der Waals surface area contributed by atoms with Crippen molar-refractivity contribution in [3.8, 4) is 0 Å². The Bertz CT molecular complexity index is 718. The molecule has 0 spiro atoms. The van der Waals surface area contributed by atoms with Gasteiger partial charge in [0, 0.05) is 34.2 Å². The van der Waals surface area contributed by atoms with Crippen LogP contribution in [0.25, 0.3) is 10.9 Å². The van der Waals surface area contributed by atoms with Crippen LogP contribution in [0.4, 0.5) is 0 Å². The molecule has 0 bridgehead atoms. The minimum Gasteiger partial charge on any atom is -0.361 e. The molecular weight excluding hydrogens is 312 g/mol. The molecule has 0 aliphatic carbocycles. The highest BCUT2D eigenvalue weighted by molar-refractivity contribution is 9.10. The van der Waals surface area contributed by atoms with E-state index in [0.717, 1.165) is 11.0 Å². The van der Waals surface area contributed by atoms with Crippen LogP contribution in [0.5, 0.6) is 0 Å². The molecule has 0 radical (unpaired) electrons. The van der Waals surface area contributed by atoms with Crippen molar-refractivity contribution >= 4 is 26.8 Å². The monoisotopic (exact) mass is 328 g/mol. The van der Waals surface area contributed by atoms with Gasteiger partial charge in [0.05, 0.1) is 0 Å². The van der Waals surface area contributed by atoms with Crippen molar-refractivity contribution in [2.45, 2.75) is 19.5 Å². The normalized spacial score (nSPS) is 12.7. The van der Waals surface area contributed by atoms with Gasteiger partial charge >= 0.3 is 0 Å². The number of H-pyrrole nitrogens is 1. The first-order chi connectivity index (χ1) is 9.74. The molecule has 3 heteroatoms. The molecule has 0 aliphatic heterocycles. The van der Waals surface area contributed by atoms with Crippen LogP contribution in [0.3, 0.4) is 0 Å². The summed E-state index contributed by atoms with van der Waals surface area (Å²) < 4.78 is 1.12. The molecule has 0 unspecified atom stereocenters. The van der Waals surface area contributed by atoms with Crippen LogP contribution in [0, 0.1) is 0 Å². The van der Waals surface area contributed by atoms with Crippen molar-refractivity contribution in [2.24, 2.45) is 0 Å². The van der Waals surface area contributed by atoms with Gasteiger partial charge in [-0.1, -0.05) is 46.3 Å². The summed E-state index contributed by atoms with van der Waals surface area (Å²) in [5.41, 5.74) is 3.79. The number of aromatic amines is 1. The van der Waals surface area contributed by atoms with Gasteiger partial charge in [-0.05, 0) is 36.2 Å². The fraction of sp³-hybridized carbons (Fsp3) is 0.176. The Balaban J connectivity index is 1.73. The van der Waals surface area contributed by atoms with Crippen LogP contribution in [0.15, 0.2) is 59.2 Å². The van der Waals surface area contributed by atoms with Crippen molar-refractivity contribution in [3.05, 3.63) is 70.3 Å². The van der Waals surface area contributed by atoms with Gasteiger partial charge in [-0.25, -0.2) is 0 Å². The summed E-state index contributed by atoms with van der Waals surface area (Å²) in [5.74, 6) is 0. The van der Waals surface area contributed by atoms with Gasteiger partial charge in [0.15, 0.2) is 0 Å². The van der Waals surface area contributed by atoms with Crippen molar-refractivity contribution in [1.82, 2.24) is 10.3 Å². The number of hydrogen-bond acceptors (Lipinski definition) is 1. The fourth-order valence-electron chi connectivity index (χ4n) is 2.43. The average molecular weight is 329 g/mol. The van der Waals surface area contributed by atoms with E-state index in [1.807, 2.05) is 0 Å². The standard InChI is InChI=1S/C17H17BrN2/c1-12(13-5-4-6-15(18)9-13)19-10-14-11-20-17-8-3-2-7-16(14)17/h2-9,11-12,19-20H,10H2,1H3/t12-/m1/s1. The number of hydrogen-bond donors (Lipinski definition) is 2. The summed E-state index contributed by atoms with van der Waals surface area (Å²) >= 11 is 3.52. The smallest absolute Gasteiger partial charge is 0.0457 e. The molecule has 2 nitrogen and oxygen atoms in total. The van der Waals surface area contributed by atoms with E-state index >= 15 is 0 Å². The van der Waals surface area contributed by atoms with Gasteiger partial charge in [0.25, 0.3) is 0 Å². The Morgan fingerprint density at radius 2 is 2.00 bits per heavy atom. The predicted octanol–water partition coefficient (Wildman–Crippen LogP) is 4.78. The zero-order valence-electron chi connectivity index (χ0n) is 11.4. The number of benzene rings is 2. The topological polar surface area (TPSA) is 27.8 Å². The predicted molar refractivity (Wildman–Crippen MR) is 87.7 cm³/mol. The SMILES string of the molecule is C[C@@H](NCc1c[nH]c2ccccc12)c1cccc(Br)c1. The largest absolute Gasteiger partial charge is 0.361 e.